The lowest BCUT2D eigenvalue weighted by Crippen LogP contribution is -3.13. The summed E-state index contributed by atoms with van der Waals surface area (Å²) in [5, 5.41) is 9.96. The zero-order chi connectivity index (χ0) is 18.7. The number of quaternary nitrogens is 2. The highest BCUT2D eigenvalue weighted by molar-refractivity contribution is 5.33. The first-order chi connectivity index (χ1) is 12.7. The topological polar surface area (TPSA) is 52.3 Å². The van der Waals surface area contributed by atoms with Gasteiger partial charge in [0.25, 0.3) is 0 Å². The van der Waals surface area contributed by atoms with Crippen molar-refractivity contribution in [2.75, 3.05) is 26.2 Å². The molecule has 1 saturated heterocycles. The summed E-state index contributed by atoms with van der Waals surface area (Å²) in [6.45, 7) is 7.30. The first kappa shape index (κ1) is 21.2. The second-order valence-corrected chi connectivity index (χ2v) is 8.40. The van der Waals surface area contributed by atoms with Gasteiger partial charge in [0, 0.05) is 5.41 Å². The molecule has 148 valence electrons. The average Bonchev–Trinajstić information content (AvgIpc) is 2.87. The van der Waals surface area contributed by atoms with Gasteiger partial charge < -0.3 is 15.7 Å². The van der Waals surface area contributed by atoms with E-state index < -0.39 is 0 Å². The van der Waals surface area contributed by atoms with Crippen LogP contribution in [0.15, 0.2) is 24.3 Å². The Balaban J connectivity index is 1.82. The second kappa shape index (κ2) is 11.6. The van der Waals surface area contributed by atoms with E-state index in [1.165, 1.54) is 95.8 Å². The first-order valence-corrected chi connectivity index (χ1v) is 11.1. The molecule has 0 bridgehead atoms. The van der Waals surface area contributed by atoms with Gasteiger partial charge in [0.05, 0.1) is 26.2 Å². The molecule has 3 heteroatoms. The van der Waals surface area contributed by atoms with Crippen molar-refractivity contribution in [3.8, 4) is 5.75 Å². The van der Waals surface area contributed by atoms with Crippen LogP contribution in [0.2, 0.25) is 0 Å². The number of aromatic hydroxyl groups is 1. The summed E-state index contributed by atoms with van der Waals surface area (Å²) in [5.74, 6) is 0.417. The summed E-state index contributed by atoms with van der Waals surface area (Å²) < 4.78 is 0. The largest absolute Gasteiger partial charge is 0.508 e. The van der Waals surface area contributed by atoms with Gasteiger partial charge in [-0.3, -0.25) is 0 Å². The number of hydrogen-bond acceptors (Lipinski definition) is 1. The number of hydrogen-bond donors (Lipinski definition) is 3. The van der Waals surface area contributed by atoms with Crippen molar-refractivity contribution in [3.05, 3.63) is 29.8 Å². The summed E-state index contributed by atoms with van der Waals surface area (Å²) in [6.07, 6.45) is 14.7. The molecule has 1 fully saturated rings. The molecule has 2 atom stereocenters. The monoisotopic (exact) mass is 362 g/mol. The molecule has 1 unspecified atom stereocenters. The third-order valence-corrected chi connectivity index (χ3v) is 6.44. The molecule has 1 aromatic carbocycles. The number of unbranched alkanes of at least 4 members (excludes halogenated alkanes) is 6. The molecule has 1 aliphatic rings. The van der Waals surface area contributed by atoms with E-state index in [0.717, 1.165) is 6.54 Å². The highest BCUT2D eigenvalue weighted by Crippen LogP contribution is 2.34. The third kappa shape index (κ3) is 6.59. The normalized spacial score (nSPS) is 23.7. The fourth-order valence-electron chi connectivity index (χ4n) is 4.73. The Kier molecular flexibility index (Phi) is 9.49. The van der Waals surface area contributed by atoms with Crippen LogP contribution in [0.3, 0.4) is 0 Å². The highest BCUT2D eigenvalue weighted by atomic mass is 16.3. The van der Waals surface area contributed by atoms with Crippen LogP contribution in [-0.2, 0) is 5.41 Å². The molecule has 0 aromatic heterocycles. The van der Waals surface area contributed by atoms with E-state index >= 15 is 0 Å². The summed E-state index contributed by atoms with van der Waals surface area (Å²) in [7, 11) is 0. The maximum atomic E-state index is 9.96. The van der Waals surface area contributed by atoms with E-state index in [9.17, 15) is 5.11 Å². The number of phenolic OH excluding ortho intramolecular Hbond substituents is 1. The van der Waals surface area contributed by atoms with Crippen LogP contribution in [0, 0.1) is 0 Å². The Morgan fingerprint density at radius 2 is 1.77 bits per heavy atom. The van der Waals surface area contributed by atoms with E-state index in [1.54, 1.807) is 11.0 Å². The minimum absolute atomic E-state index is 0.249. The molecule has 1 heterocycles. The maximum Gasteiger partial charge on any atom is 0.115 e. The summed E-state index contributed by atoms with van der Waals surface area (Å²) in [4.78, 5) is 1.78. The molecule has 0 saturated carbocycles. The van der Waals surface area contributed by atoms with Gasteiger partial charge in [-0.25, -0.2) is 0 Å². The van der Waals surface area contributed by atoms with Crippen LogP contribution in [0.1, 0.15) is 83.1 Å². The summed E-state index contributed by atoms with van der Waals surface area (Å²) in [6, 6.07) is 8.06. The number of nitrogens with one attached hydrogen (secondary N) is 1. The van der Waals surface area contributed by atoms with Crippen LogP contribution < -0.4 is 10.6 Å². The predicted molar refractivity (Wildman–Crippen MR) is 110 cm³/mol. The van der Waals surface area contributed by atoms with Gasteiger partial charge in [-0.1, -0.05) is 38.3 Å². The molecule has 2 rings (SSSR count). The summed E-state index contributed by atoms with van der Waals surface area (Å²) in [5.41, 5.74) is 5.52. The van der Waals surface area contributed by atoms with E-state index in [1.807, 2.05) is 12.1 Å². The van der Waals surface area contributed by atoms with E-state index in [-0.39, 0.29) is 5.41 Å². The predicted octanol–water partition coefficient (Wildman–Crippen LogP) is 3.08. The number of likely N-dealkylation sites (tertiary alicyclic amines) is 1. The van der Waals surface area contributed by atoms with Crippen LogP contribution in [0.5, 0.6) is 5.75 Å². The lowest BCUT2D eigenvalue weighted by molar-refractivity contribution is -0.903. The van der Waals surface area contributed by atoms with Crippen molar-refractivity contribution in [3.63, 3.8) is 0 Å². The van der Waals surface area contributed by atoms with Crippen molar-refractivity contribution >= 4 is 0 Å². The quantitative estimate of drug-likeness (QED) is 0.521. The number of rotatable bonds is 11. The molecule has 3 nitrogen and oxygen atoms in total. The highest BCUT2D eigenvalue weighted by Gasteiger charge is 2.36. The van der Waals surface area contributed by atoms with E-state index in [2.05, 4.69) is 18.7 Å². The summed E-state index contributed by atoms with van der Waals surface area (Å²) >= 11 is 0. The smallest absolute Gasteiger partial charge is 0.115 e. The molecule has 1 aliphatic heterocycles. The zero-order valence-electron chi connectivity index (χ0n) is 17.1. The Morgan fingerprint density at radius 3 is 2.46 bits per heavy atom. The Labute approximate surface area is 161 Å². The van der Waals surface area contributed by atoms with Crippen LogP contribution in [-0.4, -0.2) is 31.3 Å². The van der Waals surface area contributed by atoms with E-state index in [0.29, 0.717) is 5.75 Å². The van der Waals surface area contributed by atoms with Crippen molar-refractivity contribution in [1.29, 1.82) is 0 Å². The molecular formula is C23H42N2O+2. The fraction of sp³-hybridized carbons (Fsp3) is 0.739. The van der Waals surface area contributed by atoms with Crippen LogP contribution in [0.4, 0.5) is 0 Å². The lowest BCUT2D eigenvalue weighted by atomic mass is 9.74. The van der Waals surface area contributed by atoms with Crippen LogP contribution >= 0.6 is 0 Å². The first-order valence-electron chi connectivity index (χ1n) is 11.1. The molecule has 0 aliphatic carbocycles. The van der Waals surface area contributed by atoms with Crippen molar-refractivity contribution in [1.82, 2.24) is 0 Å². The minimum Gasteiger partial charge on any atom is -0.508 e. The molecule has 0 radical (unpaired) electrons. The minimum atomic E-state index is 0.249. The zero-order valence-corrected chi connectivity index (χ0v) is 17.1. The fourth-order valence-corrected chi connectivity index (χ4v) is 4.73. The van der Waals surface area contributed by atoms with Gasteiger partial charge >= 0.3 is 0 Å². The van der Waals surface area contributed by atoms with Crippen molar-refractivity contribution < 1.29 is 15.7 Å². The standard InChI is InChI=1S/C23H40N2O/c1-2-23(21-13-12-14-22(26)19-21)15-8-11-18-25(20-23)17-10-7-5-3-4-6-9-16-24/h12-14,19,26H,2-11,15-18,20,24H2,1H3/p+2/t23-/m1/s1. The van der Waals surface area contributed by atoms with Gasteiger partial charge in [-0.15, -0.1) is 0 Å². The Hall–Kier alpha value is -1.06. The second-order valence-electron chi connectivity index (χ2n) is 8.40. The Morgan fingerprint density at radius 1 is 1.04 bits per heavy atom. The van der Waals surface area contributed by atoms with Crippen LogP contribution in [0.25, 0.3) is 0 Å². The lowest BCUT2D eigenvalue weighted by Gasteiger charge is -2.34. The SMILES string of the molecule is CC[C@@]1(c2cccc(O)c2)CCCC[NH+](CCCCCCCCC[NH3+])C1. The van der Waals surface area contributed by atoms with Gasteiger partial charge in [0.15, 0.2) is 0 Å². The molecule has 1 aromatic rings. The van der Waals surface area contributed by atoms with Gasteiger partial charge in [0.2, 0.25) is 0 Å². The number of benzene rings is 1. The Bertz CT molecular complexity index is 505. The van der Waals surface area contributed by atoms with E-state index in [4.69, 9.17) is 0 Å². The average molecular weight is 363 g/mol. The molecule has 5 N–H and O–H groups in total. The van der Waals surface area contributed by atoms with Gasteiger partial charge in [-0.05, 0) is 69.1 Å². The molecular weight excluding hydrogens is 320 g/mol. The molecule has 0 spiro atoms. The molecule has 26 heavy (non-hydrogen) atoms. The number of phenols is 1. The maximum absolute atomic E-state index is 9.96. The third-order valence-electron chi connectivity index (χ3n) is 6.44. The van der Waals surface area contributed by atoms with Gasteiger partial charge in [0.1, 0.15) is 5.75 Å². The van der Waals surface area contributed by atoms with Crippen molar-refractivity contribution in [2.45, 2.75) is 83.0 Å². The van der Waals surface area contributed by atoms with Gasteiger partial charge in [-0.2, -0.15) is 0 Å². The molecule has 0 amide bonds. The van der Waals surface area contributed by atoms with Crippen molar-refractivity contribution in [2.24, 2.45) is 0 Å².